The Morgan fingerprint density at radius 1 is 1.13 bits per heavy atom. The van der Waals surface area contributed by atoms with Gasteiger partial charge < -0.3 is 5.32 Å². The van der Waals surface area contributed by atoms with Crippen molar-refractivity contribution in [2.75, 3.05) is 13.6 Å². The van der Waals surface area contributed by atoms with E-state index in [4.69, 9.17) is 0 Å². The summed E-state index contributed by atoms with van der Waals surface area (Å²) >= 11 is 0. The largest absolute Gasteiger partial charge is 0.320 e. The summed E-state index contributed by atoms with van der Waals surface area (Å²) in [6.45, 7) is 7.94. The van der Waals surface area contributed by atoms with Crippen LogP contribution in [0.25, 0.3) is 0 Å². The van der Waals surface area contributed by atoms with Crippen LogP contribution in [0.5, 0.6) is 0 Å². The van der Waals surface area contributed by atoms with Gasteiger partial charge in [0.25, 0.3) is 0 Å². The zero-order valence-corrected chi connectivity index (χ0v) is 10.4. The zero-order valence-electron chi connectivity index (χ0n) is 10.4. The van der Waals surface area contributed by atoms with E-state index < -0.39 is 0 Å². The molecule has 0 unspecified atom stereocenters. The smallest absolute Gasteiger partial charge is 0.00488 e. The molecule has 0 saturated carbocycles. The summed E-state index contributed by atoms with van der Waals surface area (Å²) in [6, 6.07) is 8.80. The number of hydrogen-bond donors (Lipinski definition) is 1. The first kappa shape index (κ1) is 12.3. The van der Waals surface area contributed by atoms with E-state index in [9.17, 15) is 0 Å². The van der Waals surface area contributed by atoms with Crippen LogP contribution in [0.2, 0.25) is 0 Å². The van der Waals surface area contributed by atoms with Crippen LogP contribution in [0.4, 0.5) is 0 Å². The third-order valence-electron chi connectivity index (χ3n) is 2.70. The first-order valence-electron chi connectivity index (χ1n) is 5.78. The van der Waals surface area contributed by atoms with E-state index in [0.717, 1.165) is 6.54 Å². The molecule has 1 N–H and O–H groups in total. The lowest BCUT2D eigenvalue weighted by atomic mass is 9.83. The lowest BCUT2D eigenvalue weighted by molar-refractivity contribution is 0.579. The molecule has 84 valence electrons. The number of aryl methyl sites for hydroxylation is 1. The van der Waals surface area contributed by atoms with Crippen LogP contribution >= 0.6 is 0 Å². The fourth-order valence-electron chi connectivity index (χ4n) is 1.93. The Bertz CT molecular complexity index is 296. The van der Waals surface area contributed by atoms with Gasteiger partial charge in [-0.05, 0) is 43.0 Å². The topological polar surface area (TPSA) is 12.0 Å². The average Bonchev–Trinajstić information content (AvgIpc) is 2.17. The molecule has 1 rings (SSSR count). The predicted molar refractivity (Wildman–Crippen MR) is 67.4 cm³/mol. The van der Waals surface area contributed by atoms with Crippen LogP contribution in [0, 0.1) is 0 Å². The number of benzene rings is 1. The Morgan fingerprint density at radius 2 is 1.80 bits per heavy atom. The normalized spacial score (nSPS) is 11.7. The van der Waals surface area contributed by atoms with Gasteiger partial charge in [-0.2, -0.15) is 0 Å². The molecule has 1 aromatic rings. The van der Waals surface area contributed by atoms with Gasteiger partial charge in [-0.1, -0.05) is 45.0 Å². The molecular formula is C14H23N. The highest BCUT2D eigenvalue weighted by atomic mass is 14.8. The van der Waals surface area contributed by atoms with E-state index in [0.29, 0.717) is 0 Å². The van der Waals surface area contributed by atoms with Crippen LogP contribution in [0.1, 0.15) is 38.3 Å². The van der Waals surface area contributed by atoms with Crippen molar-refractivity contribution in [2.45, 2.75) is 39.0 Å². The molecule has 0 radical (unpaired) electrons. The van der Waals surface area contributed by atoms with Gasteiger partial charge in [0, 0.05) is 0 Å². The second-order valence-electron chi connectivity index (χ2n) is 5.11. The highest BCUT2D eigenvalue weighted by Crippen LogP contribution is 2.26. The minimum absolute atomic E-state index is 0.260. The SMILES string of the molecule is CNCCCc1ccccc1C(C)(C)C. The predicted octanol–water partition coefficient (Wildman–Crippen LogP) is 3.14. The fraction of sp³-hybridized carbons (Fsp3) is 0.571. The lowest BCUT2D eigenvalue weighted by Gasteiger charge is -2.22. The van der Waals surface area contributed by atoms with Gasteiger partial charge in [-0.25, -0.2) is 0 Å². The van der Waals surface area contributed by atoms with Crippen molar-refractivity contribution in [3.8, 4) is 0 Å². The Labute approximate surface area is 93.9 Å². The van der Waals surface area contributed by atoms with Gasteiger partial charge in [0.15, 0.2) is 0 Å². The van der Waals surface area contributed by atoms with Gasteiger partial charge in [0.2, 0.25) is 0 Å². The first-order chi connectivity index (χ1) is 7.05. The minimum atomic E-state index is 0.260. The maximum Gasteiger partial charge on any atom is -0.00488 e. The second-order valence-corrected chi connectivity index (χ2v) is 5.11. The first-order valence-corrected chi connectivity index (χ1v) is 5.78. The molecule has 0 atom stereocenters. The molecule has 0 fully saturated rings. The Hall–Kier alpha value is -0.820. The molecule has 0 bridgehead atoms. The van der Waals surface area contributed by atoms with Gasteiger partial charge in [-0.3, -0.25) is 0 Å². The van der Waals surface area contributed by atoms with Crippen molar-refractivity contribution < 1.29 is 0 Å². The van der Waals surface area contributed by atoms with Gasteiger partial charge in [-0.15, -0.1) is 0 Å². The number of hydrogen-bond acceptors (Lipinski definition) is 1. The standard InChI is InChI=1S/C14H23N/c1-14(2,3)13-10-6-5-8-12(13)9-7-11-15-4/h5-6,8,10,15H,7,9,11H2,1-4H3. The second kappa shape index (κ2) is 5.32. The molecule has 1 aromatic carbocycles. The Morgan fingerprint density at radius 3 is 2.40 bits per heavy atom. The highest BCUT2D eigenvalue weighted by molar-refractivity contribution is 5.32. The molecule has 0 aliphatic rings. The minimum Gasteiger partial charge on any atom is -0.320 e. The lowest BCUT2D eigenvalue weighted by Crippen LogP contribution is -2.15. The molecule has 0 heterocycles. The summed E-state index contributed by atoms with van der Waals surface area (Å²) in [7, 11) is 2.01. The van der Waals surface area contributed by atoms with Gasteiger partial charge in [0.05, 0.1) is 0 Å². The molecule has 15 heavy (non-hydrogen) atoms. The van der Waals surface area contributed by atoms with E-state index in [1.807, 2.05) is 7.05 Å². The maximum absolute atomic E-state index is 3.20. The molecule has 1 heteroatoms. The molecule has 0 saturated heterocycles. The fourth-order valence-corrected chi connectivity index (χ4v) is 1.93. The van der Waals surface area contributed by atoms with Crippen molar-refractivity contribution in [3.05, 3.63) is 35.4 Å². The van der Waals surface area contributed by atoms with E-state index >= 15 is 0 Å². The molecule has 0 amide bonds. The van der Waals surface area contributed by atoms with E-state index in [2.05, 4.69) is 50.4 Å². The maximum atomic E-state index is 3.20. The van der Waals surface area contributed by atoms with Crippen LogP contribution < -0.4 is 5.32 Å². The summed E-state index contributed by atoms with van der Waals surface area (Å²) in [5, 5.41) is 3.20. The van der Waals surface area contributed by atoms with Crippen molar-refractivity contribution in [2.24, 2.45) is 0 Å². The summed E-state index contributed by atoms with van der Waals surface area (Å²) in [5.41, 5.74) is 3.25. The van der Waals surface area contributed by atoms with Crippen molar-refractivity contribution in [3.63, 3.8) is 0 Å². The van der Waals surface area contributed by atoms with Crippen LogP contribution in [0.3, 0.4) is 0 Å². The Balaban J connectivity index is 2.78. The highest BCUT2D eigenvalue weighted by Gasteiger charge is 2.16. The molecule has 0 aliphatic carbocycles. The number of nitrogens with one attached hydrogen (secondary N) is 1. The van der Waals surface area contributed by atoms with Crippen molar-refractivity contribution >= 4 is 0 Å². The van der Waals surface area contributed by atoms with Gasteiger partial charge in [0.1, 0.15) is 0 Å². The van der Waals surface area contributed by atoms with Crippen LogP contribution in [0.15, 0.2) is 24.3 Å². The summed E-state index contributed by atoms with van der Waals surface area (Å²) < 4.78 is 0. The van der Waals surface area contributed by atoms with E-state index in [1.165, 1.54) is 24.0 Å². The molecule has 0 spiro atoms. The third-order valence-corrected chi connectivity index (χ3v) is 2.70. The Kier molecular flexibility index (Phi) is 4.34. The van der Waals surface area contributed by atoms with Crippen molar-refractivity contribution in [1.82, 2.24) is 5.32 Å². The quantitative estimate of drug-likeness (QED) is 0.745. The zero-order chi connectivity index (χ0) is 11.3. The van der Waals surface area contributed by atoms with E-state index in [-0.39, 0.29) is 5.41 Å². The summed E-state index contributed by atoms with van der Waals surface area (Å²) in [5.74, 6) is 0. The molecule has 1 nitrogen and oxygen atoms in total. The number of rotatable bonds is 4. The molecule has 0 aliphatic heterocycles. The van der Waals surface area contributed by atoms with Crippen LogP contribution in [-0.4, -0.2) is 13.6 Å². The molecule has 0 aromatic heterocycles. The van der Waals surface area contributed by atoms with Crippen LogP contribution in [-0.2, 0) is 11.8 Å². The average molecular weight is 205 g/mol. The van der Waals surface area contributed by atoms with Crippen molar-refractivity contribution in [1.29, 1.82) is 0 Å². The summed E-state index contributed by atoms with van der Waals surface area (Å²) in [6.07, 6.45) is 2.39. The van der Waals surface area contributed by atoms with Gasteiger partial charge >= 0.3 is 0 Å². The molecular weight excluding hydrogens is 182 g/mol. The summed E-state index contributed by atoms with van der Waals surface area (Å²) in [4.78, 5) is 0. The monoisotopic (exact) mass is 205 g/mol. The van der Waals surface area contributed by atoms with E-state index in [1.54, 1.807) is 0 Å². The third kappa shape index (κ3) is 3.67.